The van der Waals surface area contributed by atoms with E-state index in [1.165, 1.54) is 0 Å². The van der Waals surface area contributed by atoms with Gasteiger partial charge in [-0.3, -0.25) is 9.59 Å². The number of carbonyl (C=O) groups is 2. The van der Waals surface area contributed by atoms with Crippen molar-refractivity contribution < 1.29 is 9.59 Å². The number of nitrogens with zero attached hydrogens (tertiary/aromatic N) is 2. The summed E-state index contributed by atoms with van der Waals surface area (Å²) in [5.41, 5.74) is -0.261. The summed E-state index contributed by atoms with van der Waals surface area (Å²) in [7, 11) is 0. The van der Waals surface area contributed by atoms with Crippen LogP contribution in [-0.4, -0.2) is 60.9 Å². The van der Waals surface area contributed by atoms with E-state index in [0.29, 0.717) is 26.2 Å². The quantitative estimate of drug-likeness (QED) is 0.811. The Morgan fingerprint density at radius 1 is 1.10 bits per heavy atom. The maximum Gasteiger partial charge on any atom is 0.229 e. The van der Waals surface area contributed by atoms with Gasteiger partial charge in [-0.05, 0) is 26.3 Å². The van der Waals surface area contributed by atoms with Crippen LogP contribution in [0.2, 0.25) is 0 Å². The fourth-order valence-corrected chi connectivity index (χ4v) is 3.12. The molecule has 2 saturated heterocycles. The van der Waals surface area contributed by atoms with Gasteiger partial charge < -0.3 is 15.1 Å². The van der Waals surface area contributed by atoms with Crippen molar-refractivity contribution in [3.05, 3.63) is 0 Å². The predicted octanol–water partition coefficient (Wildman–Crippen LogP) is 0.703. The predicted molar refractivity (Wildman–Crippen MR) is 78.2 cm³/mol. The number of nitrogens with one attached hydrogen (secondary N) is 1. The molecule has 2 aliphatic rings. The first-order valence-electron chi connectivity index (χ1n) is 7.73. The van der Waals surface area contributed by atoms with Gasteiger partial charge in [-0.15, -0.1) is 0 Å². The van der Waals surface area contributed by atoms with E-state index >= 15 is 0 Å². The highest BCUT2D eigenvalue weighted by Gasteiger charge is 2.38. The average Bonchev–Trinajstić information content (AvgIpc) is 2.46. The first-order chi connectivity index (χ1) is 9.44. The first-order valence-corrected chi connectivity index (χ1v) is 7.73. The third kappa shape index (κ3) is 3.14. The van der Waals surface area contributed by atoms with E-state index in [0.717, 1.165) is 25.9 Å². The zero-order valence-corrected chi connectivity index (χ0v) is 12.9. The fraction of sp³-hybridized carbons (Fsp3) is 0.867. The van der Waals surface area contributed by atoms with E-state index in [4.69, 9.17) is 0 Å². The maximum atomic E-state index is 12.7. The number of carbonyl (C=O) groups excluding carboxylic acids is 2. The summed E-state index contributed by atoms with van der Waals surface area (Å²) in [5, 5.41) is 3.33. The Balaban J connectivity index is 1.90. The van der Waals surface area contributed by atoms with Crippen LogP contribution in [0.3, 0.4) is 0 Å². The third-order valence-corrected chi connectivity index (χ3v) is 4.49. The molecule has 2 fully saturated rings. The van der Waals surface area contributed by atoms with Crippen molar-refractivity contribution in [1.29, 1.82) is 0 Å². The van der Waals surface area contributed by atoms with Crippen LogP contribution in [0, 0.1) is 11.3 Å². The smallest absolute Gasteiger partial charge is 0.229 e. The number of hydrogen-bond donors (Lipinski definition) is 1. The minimum Gasteiger partial charge on any atom is -0.339 e. The molecule has 0 aromatic carbocycles. The van der Waals surface area contributed by atoms with Gasteiger partial charge in [0.15, 0.2) is 0 Å². The number of rotatable bonds is 2. The van der Waals surface area contributed by atoms with Crippen molar-refractivity contribution in [1.82, 2.24) is 15.1 Å². The lowest BCUT2D eigenvalue weighted by Gasteiger charge is -2.41. The SMILES string of the molecule is CC(C)C(=O)N1CCN(C(=O)C2(C)CCCNC2)CC1. The van der Waals surface area contributed by atoms with Crippen molar-refractivity contribution in [2.75, 3.05) is 39.3 Å². The van der Waals surface area contributed by atoms with Crippen molar-refractivity contribution in [2.45, 2.75) is 33.6 Å². The molecule has 5 heteroatoms. The van der Waals surface area contributed by atoms with Gasteiger partial charge in [0, 0.05) is 38.6 Å². The Morgan fingerprint density at radius 3 is 2.20 bits per heavy atom. The van der Waals surface area contributed by atoms with Gasteiger partial charge in [0.25, 0.3) is 0 Å². The summed E-state index contributed by atoms with van der Waals surface area (Å²) in [6.07, 6.45) is 2.03. The molecule has 0 aromatic rings. The average molecular weight is 281 g/mol. The van der Waals surface area contributed by atoms with Gasteiger partial charge in [-0.1, -0.05) is 13.8 Å². The van der Waals surface area contributed by atoms with E-state index in [1.54, 1.807) is 0 Å². The lowest BCUT2D eigenvalue weighted by molar-refractivity contribution is -0.148. The summed E-state index contributed by atoms with van der Waals surface area (Å²) in [4.78, 5) is 28.4. The van der Waals surface area contributed by atoms with Crippen molar-refractivity contribution in [3.63, 3.8) is 0 Å². The van der Waals surface area contributed by atoms with Crippen LogP contribution in [0.5, 0.6) is 0 Å². The van der Waals surface area contributed by atoms with E-state index in [-0.39, 0.29) is 23.1 Å². The number of piperidine rings is 1. The van der Waals surface area contributed by atoms with Crippen molar-refractivity contribution in [2.24, 2.45) is 11.3 Å². The van der Waals surface area contributed by atoms with Crippen LogP contribution < -0.4 is 5.32 Å². The number of hydrogen-bond acceptors (Lipinski definition) is 3. The normalized spacial score (nSPS) is 27.8. The van der Waals surface area contributed by atoms with Crippen LogP contribution in [0.4, 0.5) is 0 Å². The summed E-state index contributed by atoms with van der Waals surface area (Å²) in [6.45, 7) is 10.4. The monoisotopic (exact) mass is 281 g/mol. The van der Waals surface area contributed by atoms with Gasteiger partial charge in [0.2, 0.25) is 11.8 Å². The highest BCUT2D eigenvalue weighted by Crippen LogP contribution is 2.28. The molecule has 2 amide bonds. The van der Waals surface area contributed by atoms with Crippen LogP contribution >= 0.6 is 0 Å². The van der Waals surface area contributed by atoms with E-state index in [9.17, 15) is 9.59 Å². The van der Waals surface area contributed by atoms with Crippen molar-refractivity contribution >= 4 is 11.8 Å². The molecule has 2 rings (SSSR count). The molecule has 2 heterocycles. The Hall–Kier alpha value is -1.10. The van der Waals surface area contributed by atoms with E-state index < -0.39 is 0 Å². The summed E-state index contributed by atoms with van der Waals surface area (Å²) < 4.78 is 0. The Bertz CT molecular complexity index is 367. The van der Waals surface area contributed by atoms with Crippen LogP contribution in [0.1, 0.15) is 33.6 Å². The second-order valence-corrected chi connectivity index (χ2v) is 6.61. The summed E-state index contributed by atoms with van der Waals surface area (Å²) >= 11 is 0. The Morgan fingerprint density at radius 2 is 1.70 bits per heavy atom. The largest absolute Gasteiger partial charge is 0.339 e. The van der Waals surface area contributed by atoms with Gasteiger partial charge in [0.1, 0.15) is 0 Å². The van der Waals surface area contributed by atoms with Gasteiger partial charge in [-0.2, -0.15) is 0 Å². The summed E-state index contributed by atoms with van der Waals surface area (Å²) in [5.74, 6) is 0.487. The molecule has 1 atom stereocenters. The van der Waals surface area contributed by atoms with Gasteiger partial charge in [0.05, 0.1) is 5.41 Å². The number of amides is 2. The molecule has 0 bridgehead atoms. The van der Waals surface area contributed by atoms with Gasteiger partial charge >= 0.3 is 0 Å². The maximum absolute atomic E-state index is 12.7. The molecule has 114 valence electrons. The Kier molecular flexibility index (Phi) is 4.68. The lowest BCUT2D eigenvalue weighted by atomic mass is 9.81. The molecule has 0 spiro atoms. The molecule has 5 nitrogen and oxygen atoms in total. The molecule has 0 aromatic heterocycles. The zero-order valence-electron chi connectivity index (χ0n) is 12.9. The molecule has 20 heavy (non-hydrogen) atoms. The molecule has 0 radical (unpaired) electrons. The van der Waals surface area contributed by atoms with E-state index in [2.05, 4.69) is 12.2 Å². The van der Waals surface area contributed by atoms with Crippen LogP contribution in [-0.2, 0) is 9.59 Å². The van der Waals surface area contributed by atoms with Crippen molar-refractivity contribution in [3.8, 4) is 0 Å². The molecule has 2 aliphatic heterocycles. The minimum atomic E-state index is -0.261. The lowest BCUT2D eigenvalue weighted by Crippen LogP contribution is -2.57. The fourth-order valence-electron chi connectivity index (χ4n) is 3.12. The molecule has 0 saturated carbocycles. The minimum absolute atomic E-state index is 0.0392. The van der Waals surface area contributed by atoms with Crippen LogP contribution in [0.25, 0.3) is 0 Å². The highest BCUT2D eigenvalue weighted by molar-refractivity contribution is 5.83. The molecule has 0 aliphatic carbocycles. The molecular weight excluding hydrogens is 254 g/mol. The molecular formula is C15H27N3O2. The number of piperazine rings is 1. The third-order valence-electron chi connectivity index (χ3n) is 4.49. The first kappa shape index (κ1) is 15.3. The molecule has 1 unspecified atom stereocenters. The zero-order chi connectivity index (χ0) is 14.8. The Labute approximate surface area is 121 Å². The second kappa shape index (κ2) is 6.12. The second-order valence-electron chi connectivity index (χ2n) is 6.61. The van der Waals surface area contributed by atoms with E-state index in [1.807, 2.05) is 23.6 Å². The topological polar surface area (TPSA) is 52.7 Å². The summed E-state index contributed by atoms with van der Waals surface area (Å²) in [6, 6.07) is 0. The molecule has 1 N–H and O–H groups in total. The van der Waals surface area contributed by atoms with Crippen LogP contribution in [0.15, 0.2) is 0 Å². The van der Waals surface area contributed by atoms with Gasteiger partial charge in [-0.25, -0.2) is 0 Å². The standard InChI is InChI=1S/C15H27N3O2/c1-12(2)13(19)17-7-9-18(10-8-17)14(20)15(3)5-4-6-16-11-15/h12,16H,4-11H2,1-3H3. The highest BCUT2D eigenvalue weighted by atomic mass is 16.2.